The molecule has 1 aliphatic rings. The first-order chi connectivity index (χ1) is 9.81. The third-order valence-corrected chi connectivity index (χ3v) is 3.25. The SMILES string of the molecule is CC.CC.CCn1c2c(c3ccccc31)NC(=O)CC2. The van der Waals surface area contributed by atoms with Crippen molar-refractivity contribution in [2.75, 3.05) is 5.32 Å². The van der Waals surface area contributed by atoms with Crippen molar-refractivity contribution in [3.63, 3.8) is 0 Å². The molecule has 0 unspecified atom stereocenters. The van der Waals surface area contributed by atoms with Crippen LogP contribution in [0, 0.1) is 0 Å². The van der Waals surface area contributed by atoms with Gasteiger partial charge in [-0.15, -0.1) is 0 Å². The van der Waals surface area contributed by atoms with Crippen LogP contribution in [0.2, 0.25) is 0 Å². The predicted molar refractivity (Wildman–Crippen MR) is 87.3 cm³/mol. The van der Waals surface area contributed by atoms with E-state index in [2.05, 4.69) is 28.9 Å². The number of nitrogens with zero attached hydrogens (tertiary/aromatic N) is 1. The van der Waals surface area contributed by atoms with Crippen molar-refractivity contribution in [3.05, 3.63) is 30.0 Å². The molecule has 0 saturated carbocycles. The minimum absolute atomic E-state index is 0.131. The lowest BCUT2D eigenvalue weighted by Crippen LogP contribution is -2.19. The number of carbonyl (C=O) groups excluding carboxylic acids is 1. The number of amides is 1. The van der Waals surface area contributed by atoms with Gasteiger partial charge in [0.15, 0.2) is 0 Å². The number of hydrogen-bond donors (Lipinski definition) is 1. The maximum atomic E-state index is 11.4. The van der Waals surface area contributed by atoms with E-state index in [0.717, 1.165) is 24.0 Å². The quantitative estimate of drug-likeness (QED) is 0.810. The summed E-state index contributed by atoms with van der Waals surface area (Å²) in [5.74, 6) is 0.131. The van der Waals surface area contributed by atoms with Gasteiger partial charge in [0, 0.05) is 24.0 Å². The first-order valence-corrected chi connectivity index (χ1v) is 7.71. The number of para-hydroxylation sites is 1. The van der Waals surface area contributed by atoms with Crippen molar-refractivity contribution in [2.24, 2.45) is 0 Å². The largest absolute Gasteiger partial charge is 0.343 e. The lowest BCUT2D eigenvalue weighted by molar-refractivity contribution is -0.116. The van der Waals surface area contributed by atoms with Gasteiger partial charge in [-0.3, -0.25) is 4.79 Å². The molecular formula is C17H26N2O. The van der Waals surface area contributed by atoms with Crippen LogP contribution in [0.15, 0.2) is 24.3 Å². The van der Waals surface area contributed by atoms with E-state index in [9.17, 15) is 4.79 Å². The Morgan fingerprint density at radius 2 is 1.75 bits per heavy atom. The Labute approximate surface area is 122 Å². The highest BCUT2D eigenvalue weighted by Crippen LogP contribution is 2.34. The van der Waals surface area contributed by atoms with Gasteiger partial charge in [0.2, 0.25) is 5.91 Å². The van der Waals surface area contributed by atoms with E-state index >= 15 is 0 Å². The molecule has 1 aromatic heterocycles. The van der Waals surface area contributed by atoms with Crippen LogP contribution in [0.5, 0.6) is 0 Å². The molecule has 2 aromatic rings. The van der Waals surface area contributed by atoms with E-state index in [1.165, 1.54) is 11.2 Å². The summed E-state index contributed by atoms with van der Waals surface area (Å²) in [4.78, 5) is 11.4. The monoisotopic (exact) mass is 274 g/mol. The van der Waals surface area contributed by atoms with E-state index in [1.807, 2.05) is 39.8 Å². The zero-order valence-electron chi connectivity index (χ0n) is 13.3. The van der Waals surface area contributed by atoms with Crippen LogP contribution in [0.3, 0.4) is 0 Å². The Morgan fingerprint density at radius 1 is 1.10 bits per heavy atom. The molecule has 1 aliphatic heterocycles. The molecule has 3 nitrogen and oxygen atoms in total. The summed E-state index contributed by atoms with van der Waals surface area (Å²) in [6.45, 7) is 11.1. The normalized spacial score (nSPS) is 12.6. The molecule has 0 aliphatic carbocycles. The molecule has 3 rings (SSSR count). The second kappa shape index (κ2) is 7.73. The molecule has 1 N–H and O–H groups in total. The number of nitrogens with one attached hydrogen (secondary N) is 1. The minimum Gasteiger partial charge on any atom is -0.343 e. The fraction of sp³-hybridized carbons (Fsp3) is 0.471. The molecule has 0 bridgehead atoms. The second-order valence-corrected chi connectivity index (χ2v) is 4.13. The average Bonchev–Trinajstić information content (AvgIpc) is 2.84. The fourth-order valence-electron chi connectivity index (χ4n) is 2.55. The van der Waals surface area contributed by atoms with Crippen LogP contribution in [0.1, 0.15) is 46.7 Å². The Balaban J connectivity index is 0.000000461. The summed E-state index contributed by atoms with van der Waals surface area (Å²) < 4.78 is 2.30. The van der Waals surface area contributed by atoms with E-state index < -0.39 is 0 Å². The molecule has 0 fully saturated rings. The maximum absolute atomic E-state index is 11.4. The topological polar surface area (TPSA) is 34.0 Å². The van der Waals surface area contributed by atoms with E-state index in [4.69, 9.17) is 0 Å². The number of aryl methyl sites for hydroxylation is 1. The van der Waals surface area contributed by atoms with Crippen LogP contribution in [-0.2, 0) is 17.8 Å². The summed E-state index contributed by atoms with van der Waals surface area (Å²) in [5, 5.41) is 4.16. The van der Waals surface area contributed by atoms with Gasteiger partial charge in [0.25, 0.3) is 0 Å². The number of rotatable bonds is 1. The number of carbonyl (C=O) groups is 1. The van der Waals surface area contributed by atoms with Gasteiger partial charge in [-0.05, 0) is 19.4 Å². The average molecular weight is 274 g/mol. The van der Waals surface area contributed by atoms with Crippen molar-refractivity contribution in [3.8, 4) is 0 Å². The standard InChI is InChI=1S/C13H14N2O.2C2H6/c1-2-15-10-6-4-3-5-9(10)13-11(15)7-8-12(16)14-13;2*1-2/h3-6H,2,7-8H2,1H3,(H,14,16);2*1-2H3. The highest BCUT2D eigenvalue weighted by atomic mass is 16.1. The molecule has 0 atom stereocenters. The van der Waals surface area contributed by atoms with Gasteiger partial charge in [0.1, 0.15) is 0 Å². The van der Waals surface area contributed by atoms with Gasteiger partial charge in [-0.25, -0.2) is 0 Å². The first kappa shape index (κ1) is 16.3. The molecule has 2 heterocycles. The van der Waals surface area contributed by atoms with Crippen LogP contribution < -0.4 is 5.32 Å². The number of hydrogen-bond acceptors (Lipinski definition) is 1. The lowest BCUT2D eigenvalue weighted by atomic mass is 10.1. The molecule has 0 saturated heterocycles. The van der Waals surface area contributed by atoms with Crippen molar-refractivity contribution in [2.45, 2.75) is 54.0 Å². The Hall–Kier alpha value is -1.77. The third kappa shape index (κ3) is 2.87. The molecule has 0 radical (unpaired) electrons. The van der Waals surface area contributed by atoms with Crippen LogP contribution in [0.25, 0.3) is 10.9 Å². The van der Waals surface area contributed by atoms with Crippen molar-refractivity contribution < 1.29 is 4.79 Å². The molecule has 3 heteroatoms. The summed E-state index contributed by atoms with van der Waals surface area (Å²) >= 11 is 0. The number of fused-ring (bicyclic) bond motifs is 3. The Bertz CT molecular complexity index is 570. The fourth-order valence-corrected chi connectivity index (χ4v) is 2.55. The Morgan fingerprint density at radius 3 is 2.40 bits per heavy atom. The summed E-state index contributed by atoms with van der Waals surface area (Å²) in [5.41, 5.74) is 3.51. The molecule has 1 amide bonds. The molecule has 0 spiro atoms. The summed E-state index contributed by atoms with van der Waals surface area (Å²) in [6.07, 6.45) is 1.45. The third-order valence-electron chi connectivity index (χ3n) is 3.25. The second-order valence-electron chi connectivity index (χ2n) is 4.13. The smallest absolute Gasteiger partial charge is 0.224 e. The zero-order valence-corrected chi connectivity index (χ0v) is 13.3. The van der Waals surface area contributed by atoms with Crippen molar-refractivity contribution >= 4 is 22.5 Å². The van der Waals surface area contributed by atoms with E-state index in [0.29, 0.717) is 6.42 Å². The van der Waals surface area contributed by atoms with Crippen molar-refractivity contribution in [1.29, 1.82) is 0 Å². The van der Waals surface area contributed by atoms with Gasteiger partial charge in [-0.1, -0.05) is 45.9 Å². The highest BCUT2D eigenvalue weighted by molar-refractivity contribution is 6.05. The lowest BCUT2D eigenvalue weighted by Gasteiger charge is -2.15. The van der Waals surface area contributed by atoms with Gasteiger partial charge >= 0.3 is 0 Å². The van der Waals surface area contributed by atoms with Crippen LogP contribution >= 0.6 is 0 Å². The van der Waals surface area contributed by atoms with E-state index in [-0.39, 0.29) is 5.91 Å². The molecule has 110 valence electrons. The van der Waals surface area contributed by atoms with Gasteiger partial charge in [0.05, 0.1) is 11.2 Å². The molecule has 20 heavy (non-hydrogen) atoms. The number of anilines is 1. The van der Waals surface area contributed by atoms with Gasteiger partial charge in [-0.2, -0.15) is 0 Å². The molecular weight excluding hydrogens is 248 g/mol. The summed E-state index contributed by atoms with van der Waals surface area (Å²) in [7, 11) is 0. The number of benzene rings is 1. The summed E-state index contributed by atoms with van der Waals surface area (Å²) in [6, 6.07) is 8.25. The van der Waals surface area contributed by atoms with Crippen LogP contribution in [0.4, 0.5) is 5.69 Å². The van der Waals surface area contributed by atoms with Gasteiger partial charge < -0.3 is 9.88 Å². The molecule has 1 aromatic carbocycles. The predicted octanol–water partition coefficient (Wildman–Crippen LogP) is 4.60. The van der Waals surface area contributed by atoms with Crippen molar-refractivity contribution in [1.82, 2.24) is 4.57 Å². The highest BCUT2D eigenvalue weighted by Gasteiger charge is 2.22. The zero-order chi connectivity index (χ0) is 15.1. The Kier molecular flexibility index (Phi) is 6.29. The maximum Gasteiger partial charge on any atom is 0.224 e. The van der Waals surface area contributed by atoms with E-state index in [1.54, 1.807) is 0 Å². The first-order valence-electron chi connectivity index (χ1n) is 7.71. The van der Waals surface area contributed by atoms with Crippen LogP contribution in [-0.4, -0.2) is 10.5 Å². The number of aromatic nitrogens is 1. The minimum atomic E-state index is 0.131.